The normalized spacial score (nSPS) is 22.7. The van der Waals surface area contributed by atoms with Gasteiger partial charge >= 0.3 is 6.18 Å². The van der Waals surface area contributed by atoms with Gasteiger partial charge in [0, 0.05) is 5.56 Å². The summed E-state index contributed by atoms with van der Waals surface area (Å²) >= 11 is 0. The molecule has 0 amide bonds. The largest absolute Gasteiger partial charge is 0.419 e. The third kappa shape index (κ3) is 6.02. The van der Waals surface area contributed by atoms with Crippen LogP contribution in [0, 0.1) is 18.7 Å². The van der Waals surface area contributed by atoms with E-state index in [2.05, 4.69) is 19.1 Å². The molecule has 5 heteroatoms. The Bertz CT molecular complexity index is 952. The molecule has 4 rings (SSSR count). The molecule has 1 aliphatic carbocycles. The van der Waals surface area contributed by atoms with Gasteiger partial charge in [0.05, 0.1) is 12.2 Å². The highest BCUT2D eigenvalue weighted by Crippen LogP contribution is 2.42. The van der Waals surface area contributed by atoms with Gasteiger partial charge in [0.2, 0.25) is 0 Å². The summed E-state index contributed by atoms with van der Waals surface area (Å²) in [5, 5.41) is 0. The number of halogens is 4. The van der Waals surface area contributed by atoms with E-state index < -0.39 is 23.7 Å². The van der Waals surface area contributed by atoms with Crippen LogP contribution in [-0.2, 0) is 23.8 Å². The highest BCUT2D eigenvalue weighted by Gasteiger charge is 2.41. The number of hydrogen-bond donors (Lipinski definition) is 0. The number of alkyl halides is 3. The van der Waals surface area contributed by atoms with Gasteiger partial charge in [-0.05, 0) is 79.5 Å². The molecule has 34 heavy (non-hydrogen) atoms. The SMILES string of the molecule is CCCCCC1CCC(c2ccc(CCc3c(C)cc(C4CO4)c(F)c3C(F)(F)F)cc2)CC1. The molecule has 1 nitrogen and oxygen atoms in total. The Labute approximate surface area is 200 Å². The third-order valence-corrected chi connectivity index (χ3v) is 7.76. The lowest BCUT2D eigenvalue weighted by Crippen LogP contribution is -2.16. The van der Waals surface area contributed by atoms with Crippen LogP contribution in [0.4, 0.5) is 17.6 Å². The van der Waals surface area contributed by atoms with Gasteiger partial charge in [-0.2, -0.15) is 13.2 Å². The highest BCUT2D eigenvalue weighted by molar-refractivity contribution is 5.44. The van der Waals surface area contributed by atoms with E-state index in [4.69, 9.17) is 4.74 Å². The molecule has 2 aromatic rings. The van der Waals surface area contributed by atoms with Crippen molar-refractivity contribution < 1.29 is 22.3 Å². The van der Waals surface area contributed by atoms with E-state index in [0.29, 0.717) is 17.9 Å². The molecule has 1 saturated carbocycles. The Balaban J connectivity index is 1.39. The van der Waals surface area contributed by atoms with Crippen LogP contribution in [0.3, 0.4) is 0 Å². The number of unbranched alkanes of at least 4 members (excludes halogenated alkanes) is 2. The van der Waals surface area contributed by atoms with Crippen LogP contribution >= 0.6 is 0 Å². The zero-order valence-corrected chi connectivity index (χ0v) is 20.3. The predicted molar refractivity (Wildman–Crippen MR) is 128 cm³/mol. The van der Waals surface area contributed by atoms with Crippen molar-refractivity contribution in [3.63, 3.8) is 0 Å². The summed E-state index contributed by atoms with van der Waals surface area (Å²) < 4.78 is 61.2. The quantitative estimate of drug-likeness (QED) is 0.200. The van der Waals surface area contributed by atoms with Crippen molar-refractivity contribution in [2.45, 2.75) is 96.3 Å². The molecular formula is C29H36F4O. The van der Waals surface area contributed by atoms with E-state index in [0.717, 1.165) is 11.5 Å². The first-order valence-electron chi connectivity index (χ1n) is 12.9. The number of benzene rings is 2. The van der Waals surface area contributed by atoms with E-state index in [-0.39, 0.29) is 24.2 Å². The van der Waals surface area contributed by atoms with Crippen LogP contribution in [0.2, 0.25) is 0 Å². The van der Waals surface area contributed by atoms with Gasteiger partial charge in [-0.15, -0.1) is 0 Å². The van der Waals surface area contributed by atoms with Crippen molar-refractivity contribution in [3.8, 4) is 0 Å². The van der Waals surface area contributed by atoms with E-state index in [1.54, 1.807) is 6.92 Å². The minimum absolute atomic E-state index is 0.0259. The molecule has 1 unspecified atom stereocenters. The number of hydrogen-bond acceptors (Lipinski definition) is 1. The standard InChI is InChI=1S/C29H36F4O/c1-3-4-5-6-20-7-12-22(13-8-20)23-14-9-21(10-15-23)11-16-24-19(2)17-25(26-18-34-26)28(30)27(24)29(31,32)33/h9-10,14-15,17,20,22,26H,3-8,11-13,16,18H2,1-2H3. The fraction of sp³-hybridized carbons (Fsp3) is 0.586. The molecule has 1 heterocycles. The molecular weight excluding hydrogens is 440 g/mol. The Morgan fingerprint density at radius 3 is 2.24 bits per heavy atom. The van der Waals surface area contributed by atoms with Gasteiger partial charge in [-0.1, -0.05) is 62.9 Å². The number of ether oxygens (including phenoxy) is 1. The molecule has 1 aliphatic heterocycles. The van der Waals surface area contributed by atoms with Gasteiger partial charge in [0.25, 0.3) is 0 Å². The Kier molecular flexibility index (Phi) is 8.01. The molecule has 2 aliphatic rings. The van der Waals surface area contributed by atoms with E-state index in [1.807, 2.05) is 12.1 Å². The zero-order chi connectivity index (χ0) is 24.3. The van der Waals surface area contributed by atoms with Gasteiger partial charge in [0.1, 0.15) is 11.9 Å². The average molecular weight is 477 g/mol. The van der Waals surface area contributed by atoms with Crippen molar-refractivity contribution >= 4 is 0 Å². The van der Waals surface area contributed by atoms with Crippen LogP contribution in [0.15, 0.2) is 30.3 Å². The molecule has 186 valence electrons. The van der Waals surface area contributed by atoms with Crippen LogP contribution in [-0.4, -0.2) is 6.61 Å². The van der Waals surface area contributed by atoms with Crippen molar-refractivity contribution in [2.24, 2.45) is 5.92 Å². The predicted octanol–water partition coefficient (Wildman–Crippen LogP) is 8.86. The smallest absolute Gasteiger partial charge is 0.368 e. The second kappa shape index (κ2) is 10.8. The summed E-state index contributed by atoms with van der Waals surface area (Å²) in [4.78, 5) is 0. The highest BCUT2D eigenvalue weighted by atomic mass is 19.4. The van der Waals surface area contributed by atoms with Crippen LogP contribution in [0.1, 0.15) is 104 Å². The van der Waals surface area contributed by atoms with Crippen LogP contribution in [0.5, 0.6) is 0 Å². The molecule has 2 aromatic carbocycles. The summed E-state index contributed by atoms with van der Waals surface area (Å²) in [5.41, 5.74) is 1.76. The molecule has 0 bridgehead atoms. The van der Waals surface area contributed by atoms with Crippen molar-refractivity contribution in [2.75, 3.05) is 6.61 Å². The monoisotopic (exact) mass is 476 g/mol. The Morgan fingerprint density at radius 2 is 1.65 bits per heavy atom. The van der Waals surface area contributed by atoms with E-state index in [1.165, 1.54) is 63.0 Å². The van der Waals surface area contributed by atoms with E-state index >= 15 is 0 Å². The average Bonchev–Trinajstić information content (AvgIpc) is 3.65. The van der Waals surface area contributed by atoms with Crippen molar-refractivity contribution in [1.82, 2.24) is 0 Å². The molecule has 0 N–H and O–H groups in total. The first-order chi connectivity index (χ1) is 16.3. The maximum absolute atomic E-state index is 14.8. The Hall–Kier alpha value is -1.88. The number of epoxide rings is 1. The van der Waals surface area contributed by atoms with Crippen LogP contribution in [0.25, 0.3) is 0 Å². The zero-order valence-electron chi connectivity index (χ0n) is 20.3. The number of rotatable bonds is 9. The second-order valence-electron chi connectivity index (χ2n) is 10.2. The summed E-state index contributed by atoms with van der Waals surface area (Å²) in [6, 6.07) is 9.88. The van der Waals surface area contributed by atoms with Gasteiger partial charge < -0.3 is 4.74 Å². The number of aryl methyl sites for hydroxylation is 2. The fourth-order valence-electron chi connectivity index (χ4n) is 5.63. The minimum Gasteiger partial charge on any atom is -0.368 e. The molecule has 1 saturated heterocycles. The third-order valence-electron chi connectivity index (χ3n) is 7.76. The lowest BCUT2D eigenvalue weighted by atomic mass is 9.77. The van der Waals surface area contributed by atoms with Crippen molar-refractivity contribution in [1.29, 1.82) is 0 Å². The molecule has 2 fully saturated rings. The first-order valence-corrected chi connectivity index (χ1v) is 12.9. The summed E-state index contributed by atoms with van der Waals surface area (Å²) in [7, 11) is 0. The van der Waals surface area contributed by atoms with E-state index in [9.17, 15) is 17.6 Å². The maximum atomic E-state index is 14.8. The van der Waals surface area contributed by atoms with Gasteiger partial charge in [0.15, 0.2) is 0 Å². The van der Waals surface area contributed by atoms with Crippen LogP contribution < -0.4 is 0 Å². The topological polar surface area (TPSA) is 12.5 Å². The maximum Gasteiger partial charge on any atom is 0.419 e. The minimum atomic E-state index is -4.73. The summed E-state index contributed by atoms with van der Waals surface area (Å²) in [6.45, 7) is 4.16. The molecule has 0 radical (unpaired) electrons. The molecule has 1 atom stereocenters. The Morgan fingerprint density at radius 1 is 0.971 bits per heavy atom. The van der Waals surface area contributed by atoms with Gasteiger partial charge in [-0.3, -0.25) is 0 Å². The second-order valence-corrected chi connectivity index (χ2v) is 10.2. The molecule has 0 aromatic heterocycles. The molecule has 0 spiro atoms. The lowest BCUT2D eigenvalue weighted by molar-refractivity contribution is -0.140. The summed E-state index contributed by atoms with van der Waals surface area (Å²) in [5.74, 6) is 0.282. The fourth-order valence-corrected chi connectivity index (χ4v) is 5.63. The van der Waals surface area contributed by atoms with Crippen molar-refractivity contribution in [3.05, 3.63) is 69.5 Å². The summed E-state index contributed by atoms with van der Waals surface area (Å²) in [6.07, 6.45) is 5.67. The first kappa shape index (κ1) is 25.2. The lowest BCUT2D eigenvalue weighted by Gasteiger charge is -2.29. The van der Waals surface area contributed by atoms with Gasteiger partial charge in [-0.25, -0.2) is 4.39 Å².